The van der Waals surface area contributed by atoms with Crippen LogP contribution < -0.4 is 0 Å². The van der Waals surface area contributed by atoms with Crippen LogP contribution in [-0.4, -0.2) is 19.5 Å². The summed E-state index contributed by atoms with van der Waals surface area (Å²) in [7, 11) is -2.99. The standard InChI is InChI=1S/C9H13BrO2S2/c10-6-2-1-3-8-14(11,12)9-5-4-7-13-9/h4-5,7H,1-3,6,8H2. The zero-order valence-corrected chi connectivity index (χ0v) is 11.0. The summed E-state index contributed by atoms with van der Waals surface area (Å²) in [6.07, 6.45) is 2.77. The molecule has 0 bridgehead atoms. The van der Waals surface area contributed by atoms with Crippen LogP contribution in [0.3, 0.4) is 0 Å². The fourth-order valence-electron chi connectivity index (χ4n) is 1.10. The molecule has 0 atom stereocenters. The molecule has 0 spiro atoms. The van der Waals surface area contributed by atoms with Gasteiger partial charge < -0.3 is 0 Å². The van der Waals surface area contributed by atoms with Crippen LogP contribution in [0.1, 0.15) is 19.3 Å². The van der Waals surface area contributed by atoms with Crippen molar-refractivity contribution in [2.24, 2.45) is 0 Å². The van der Waals surface area contributed by atoms with Crippen LogP contribution in [0.25, 0.3) is 0 Å². The van der Waals surface area contributed by atoms with E-state index in [4.69, 9.17) is 0 Å². The van der Waals surface area contributed by atoms with Crippen molar-refractivity contribution < 1.29 is 8.42 Å². The maximum atomic E-state index is 11.7. The Bertz CT molecular complexity index is 343. The molecular weight excluding hydrogens is 284 g/mol. The molecule has 5 heteroatoms. The molecule has 1 aromatic heterocycles. The molecule has 1 aromatic rings. The summed E-state index contributed by atoms with van der Waals surface area (Å²) in [6.45, 7) is 0. The van der Waals surface area contributed by atoms with Crippen LogP contribution in [0.4, 0.5) is 0 Å². The van der Waals surface area contributed by atoms with Crippen molar-refractivity contribution in [3.63, 3.8) is 0 Å². The van der Waals surface area contributed by atoms with Crippen molar-refractivity contribution in [3.05, 3.63) is 17.5 Å². The van der Waals surface area contributed by atoms with E-state index in [1.54, 1.807) is 17.5 Å². The third-order valence-corrected chi connectivity index (χ3v) is 5.70. The molecule has 0 amide bonds. The van der Waals surface area contributed by atoms with Crippen LogP contribution in [-0.2, 0) is 9.84 Å². The van der Waals surface area contributed by atoms with Gasteiger partial charge in [0.15, 0.2) is 9.84 Å². The first-order valence-electron chi connectivity index (χ1n) is 4.49. The lowest BCUT2D eigenvalue weighted by atomic mass is 10.3. The van der Waals surface area contributed by atoms with Crippen molar-refractivity contribution >= 4 is 37.1 Å². The number of thiophene rings is 1. The Labute approximate surface area is 97.4 Å². The van der Waals surface area contributed by atoms with E-state index in [1.807, 2.05) is 0 Å². The molecule has 0 saturated heterocycles. The first kappa shape index (κ1) is 12.2. The van der Waals surface area contributed by atoms with Gasteiger partial charge in [-0.2, -0.15) is 0 Å². The lowest BCUT2D eigenvalue weighted by molar-refractivity contribution is 0.593. The van der Waals surface area contributed by atoms with E-state index in [0.717, 1.165) is 24.6 Å². The third-order valence-electron chi connectivity index (χ3n) is 1.85. The molecule has 0 aliphatic rings. The minimum absolute atomic E-state index is 0.278. The van der Waals surface area contributed by atoms with Crippen molar-refractivity contribution in [2.75, 3.05) is 11.1 Å². The van der Waals surface area contributed by atoms with Gasteiger partial charge in [0.05, 0.1) is 5.75 Å². The second kappa shape index (κ2) is 5.88. The van der Waals surface area contributed by atoms with Gasteiger partial charge in [0, 0.05) is 5.33 Å². The SMILES string of the molecule is O=S(=O)(CCCCCBr)c1cccs1. The first-order chi connectivity index (χ1) is 6.67. The van der Waals surface area contributed by atoms with E-state index in [2.05, 4.69) is 15.9 Å². The van der Waals surface area contributed by atoms with Crippen LogP contribution in [0, 0.1) is 0 Å². The van der Waals surface area contributed by atoms with E-state index in [-0.39, 0.29) is 5.75 Å². The molecule has 0 aliphatic heterocycles. The maximum absolute atomic E-state index is 11.7. The predicted molar refractivity (Wildman–Crippen MR) is 64.0 cm³/mol. The average Bonchev–Trinajstić information content (AvgIpc) is 2.65. The van der Waals surface area contributed by atoms with Crippen molar-refractivity contribution in [1.29, 1.82) is 0 Å². The zero-order valence-electron chi connectivity index (χ0n) is 7.78. The van der Waals surface area contributed by atoms with Gasteiger partial charge in [-0.15, -0.1) is 11.3 Å². The second-order valence-electron chi connectivity index (χ2n) is 3.00. The number of sulfone groups is 1. The second-order valence-corrected chi connectivity index (χ2v) is 7.08. The molecule has 1 heterocycles. The normalized spacial score (nSPS) is 11.8. The van der Waals surface area contributed by atoms with E-state index in [0.29, 0.717) is 4.21 Å². The third kappa shape index (κ3) is 3.71. The van der Waals surface area contributed by atoms with Crippen LogP contribution in [0.15, 0.2) is 21.7 Å². The largest absolute Gasteiger partial charge is 0.223 e. The molecule has 14 heavy (non-hydrogen) atoms. The Morgan fingerprint density at radius 3 is 2.64 bits per heavy atom. The van der Waals surface area contributed by atoms with Crippen molar-refractivity contribution in [3.8, 4) is 0 Å². The average molecular weight is 297 g/mol. The lowest BCUT2D eigenvalue weighted by Crippen LogP contribution is -2.04. The fraction of sp³-hybridized carbons (Fsp3) is 0.556. The molecule has 0 N–H and O–H groups in total. The van der Waals surface area contributed by atoms with Crippen LogP contribution in [0.5, 0.6) is 0 Å². The Kier molecular flexibility index (Phi) is 5.12. The topological polar surface area (TPSA) is 34.1 Å². The smallest absolute Gasteiger partial charge is 0.187 e. The number of hydrogen-bond donors (Lipinski definition) is 0. The molecule has 0 unspecified atom stereocenters. The zero-order chi connectivity index (χ0) is 10.4. The van der Waals surface area contributed by atoms with Gasteiger partial charge in [0.2, 0.25) is 0 Å². The van der Waals surface area contributed by atoms with E-state index in [9.17, 15) is 8.42 Å². The monoisotopic (exact) mass is 296 g/mol. The molecule has 0 aromatic carbocycles. The van der Waals surface area contributed by atoms with Crippen LogP contribution in [0.2, 0.25) is 0 Å². The summed E-state index contributed by atoms with van der Waals surface area (Å²) in [5.41, 5.74) is 0. The highest BCUT2D eigenvalue weighted by atomic mass is 79.9. The van der Waals surface area contributed by atoms with Gasteiger partial charge in [0.25, 0.3) is 0 Å². The summed E-state index contributed by atoms with van der Waals surface area (Å²) in [6, 6.07) is 3.44. The maximum Gasteiger partial charge on any atom is 0.187 e. The summed E-state index contributed by atoms with van der Waals surface area (Å²) >= 11 is 4.62. The molecule has 0 saturated carbocycles. The fourth-order valence-corrected chi connectivity index (χ4v) is 4.02. The summed E-state index contributed by atoms with van der Waals surface area (Å²) in [4.78, 5) is 0. The lowest BCUT2D eigenvalue weighted by Gasteiger charge is -2.00. The van der Waals surface area contributed by atoms with Crippen molar-refractivity contribution in [1.82, 2.24) is 0 Å². The molecule has 80 valence electrons. The molecule has 2 nitrogen and oxygen atoms in total. The Hall–Kier alpha value is 0.130. The number of hydrogen-bond acceptors (Lipinski definition) is 3. The predicted octanol–water partition coefficient (Wildman–Crippen LogP) is 3.09. The Balaban J connectivity index is 2.44. The summed E-state index contributed by atoms with van der Waals surface area (Å²) < 4.78 is 23.8. The van der Waals surface area contributed by atoms with Gasteiger partial charge in [-0.25, -0.2) is 8.42 Å². The minimum Gasteiger partial charge on any atom is -0.223 e. The first-order valence-corrected chi connectivity index (χ1v) is 8.14. The number of rotatable bonds is 6. The minimum atomic E-state index is -2.99. The molecule has 0 fully saturated rings. The quantitative estimate of drug-likeness (QED) is 0.597. The summed E-state index contributed by atoms with van der Waals surface area (Å²) in [5, 5.41) is 2.75. The highest BCUT2D eigenvalue weighted by Crippen LogP contribution is 2.18. The Morgan fingerprint density at radius 1 is 1.29 bits per heavy atom. The van der Waals surface area contributed by atoms with E-state index >= 15 is 0 Å². The van der Waals surface area contributed by atoms with Gasteiger partial charge >= 0.3 is 0 Å². The highest BCUT2D eigenvalue weighted by molar-refractivity contribution is 9.09. The van der Waals surface area contributed by atoms with Crippen molar-refractivity contribution in [2.45, 2.75) is 23.5 Å². The number of alkyl halides is 1. The van der Waals surface area contributed by atoms with Gasteiger partial charge in [0.1, 0.15) is 4.21 Å². The Morgan fingerprint density at radius 2 is 2.07 bits per heavy atom. The van der Waals surface area contributed by atoms with Gasteiger partial charge in [-0.1, -0.05) is 28.4 Å². The molecule has 0 aliphatic carbocycles. The van der Waals surface area contributed by atoms with Gasteiger partial charge in [-0.3, -0.25) is 0 Å². The summed E-state index contributed by atoms with van der Waals surface area (Å²) in [5.74, 6) is 0.278. The highest BCUT2D eigenvalue weighted by Gasteiger charge is 2.14. The molecular formula is C9H13BrO2S2. The van der Waals surface area contributed by atoms with Gasteiger partial charge in [-0.05, 0) is 24.3 Å². The number of halogens is 1. The van der Waals surface area contributed by atoms with E-state index < -0.39 is 9.84 Å². The van der Waals surface area contributed by atoms with E-state index in [1.165, 1.54) is 11.3 Å². The molecule has 0 radical (unpaired) electrons. The number of unbranched alkanes of at least 4 members (excludes halogenated alkanes) is 2. The van der Waals surface area contributed by atoms with Crippen LogP contribution >= 0.6 is 27.3 Å². The molecule has 1 rings (SSSR count).